The Kier molecular flexibility index (Phi) is 4.52. The molecule has 3 N–H and O–H groups in total. The van der Waals surface area contributed by atoms with Crippen LogP contribution in [0.25, 0.3) is 0 Å². The zero-order valence-electron chi connectivity index (χ0n) is 12.4. The SMILES string of the molecule is CCN(CC)c1nc(N)nc(Nc2ccc(C)cc2F)n1. The van der Waals surface area contributed by atoms with Gasteiger partial charge in [0, 0.05) is 13.1 Å². The van der Waals surface area contributed by atoms with E-state index in [1.165, 1.54) is 6.07 Å². The van der Waals surface area contributed by atoms with Crippen molar-refractivity contribution in [2.45, 2.75) is 20.8 Å². The van der Waals surface area contributed by atoms with Gasteiger partial charge in [-0.15, -0.1) is 0 Å². The summed E-state index contributed by atoms with van der Waals surface area (Å²) < 4.78 is 13.9. The largest absolute Gasteiger partial charge is 0.368 e. The molecule has 1 aromatic heterocycles. The first-order valence-corrected chi connectivity index (χ1v) is 6.83. The van der Waals surface area contributed by atoms with Crippen LogP contribution in [0, 0.1) is 12.7 Å². The van der Waals surface area contributed by atoms with E-state index >= 15 is 0 Å². The van der Waals surface area contributed by atoms with Crippen molar-refractivity contribution in [3.05, 3.63) is 29.6 Å². The lowest BCUT2D eigenvalue weighted by Crippen LogP contribution is -2.25. The van der Waals surface area contributed by atoms with Crippen LogP contribution < -0.4 is 16.0 Å². The predicted molar refractivity (Wildman–Crippen MR) is 82.2 cm³/mol. The summed E-state index contributed by atoms with van der Waals surface area (Å²) in [7, 11) is 0. The molecule has 0 amide bonds. The fourth-order valence-electron chi connectivity index (χ4n) is 1.93. The van der Waals surface area contributed by atoms with Crippen molar-refractivity contribution >= 4 is 23.5 Å². The van der Waals surface area contributed by atoms with Crippen LogP contribution >= 0.6 is 0 Å². The third-order valence-corrected chi connectivity index (χ3v) is 3.06. The Hall–Kier alpha value is -2.44. The van der Waals surface area contributed by atoms with E-state index in [9.17, 15) is 4.39 Å². The second kappa shape index (κ2) is 6.34. The summed E-state index contributed by atoms with van der Waals surface area (Å²) in [5, 5.41) is 2.84. The average molecular weight is 290 g/mol. The Bertz CT molecular complexity index is 627. The molecule has 0 aliphatic carbocycles. The zero-order chi connectivity index (χ0) is 15.4. The molecule has 0 aliphatic heterocycles. The maximum Gasteiger partial charge on any atom is 0.233 e. The molecule has 0 aliphatic rings. The van der Waals surface area contributed by atoms with E-state index in [4.69, 9.17) is 5.73 Å². The second-order valence-electron chi connectivity index (χ2n) is 4.60. The van der Waals surface area contributed by atoms with Crippen molar-refractivity contribution < 1.29 is 4.39 Å². The van der Waals surface area contributed by atoms with Crippen molar-refractivity contribution in [1.82, 2.24) is 15.0 Å². The number of nitrogen functional groups attached to an aromatic ring is 1. The lowest BCUT2D eigenvalue weighted by Gasteiger charge is -2.19. The number of rotatable bonds is 5. The molecule has 0 saturated carbocycles. The van der Waals surface area contributed by atoms with Gasteiger partial charge in [-0.2, -0.15) is 15.0 Å². The van der Waals surface area contributed by atoms with Gasteiger partial charge in [-0.25, -0.2) is 4.39 Å². The van der Waals surface area contributed by atoms with E-state index in [1.807, 2.05) is 25.7 Å². The van der Waals surface area contributed by atoms with Crippen LogP contribution in [0.15, 0.2) is 18.2 Å². The molecular formula is C14H19FN6. The minimum absolute atomic E-state index is 0.0990. The van der Waals surface area contributed by atoms with Crippen molar-refractivity contribution in [3.8, 4) is 0 Å². The molecule has 7 heteroatoms. The molecule has 0 bridgehead atoms. The van der Waals surface area contributed by atoms with Gasteiger partial charge in [0.25, 0.3) is 0 Å². The molecule has 6 nitrogen and oxygen atoms in total. The lowest BCUT2D eigenvalue weighted by molar-refractivity contribution is 0.630. The van der Waals surface area contributed by atoms with Crippen molar-refractivity contribution in [3.63, 3.8) is 0 Å². The number of nitrogens with zero attached hydrogens (tertiary/aromatic N) is 4. The highest BCUT2D eigenvalue weighted by molar-refractivity contribution is 5.56. The molecular weight excluding hydrogens is 271 g/mol. The average Bonchev–Trinajstić information content (AvgIpc) is 2.43. The molecule has 0 spiro atoms. The summed E-state index contributed by atoms with van der Waals surface area (Å²) in [6.45, 7) is 7.31. The Morgan fingerprint density at radius 3 is 2.52 bits per heavy atom. The summed E-state index contributed by atoms with van der Waals surface area (Å²) in [5.41, 5.74) is 6.85. The van der Waals surface area contributed by atoms with Crippen LogP contribution in [0.5, 0.6) is 0 Å². The Balaban J connectivity index is 2.31. The number of hydrogen-bond donors (Lipinski definition) is 2. The van der Waals surface area contributed by atoms with Gasteiger partial charge in [-0.3, -0.25) is 0 Å². The highest BCUT2D eigenvalue weighted by Crippen LogP contribution is 2.20. The molecule has 0 saturated heterocycles. The fourth-order valence-corrected chi connectivity index (χ4v) is 1.93. The molecule has 0 fully saturated rings. The Labute approximate surface area is 123 Å². The van der Waals surface area contributed by atoms with Crippen molar-refractivity contribution in [2.75, 3.05) is 29.0 Å². The number of halogens is 1. The van der Waals surface area contributed by atoms with Crippen LogP contribution in [-0.2, 0) is 0 Å². The van der Waals surface area contributed by atoms with Gasteiger partial charge in [0.05, 0.1) is 5.69 Å². The van der Waals surface area contributed by atoms with Crippen LogP contribution in [0.4, 0.5) is 27.9 Å². The quantitative estimate of drug-likeness (QED) is 0.880. The molecule has 2 aromatic rings. The van der Waals surface area contributed by atoms with E-state index in [0.717, 1.165) is 18.7 Å². The highest BCUT2D eigenvalue weighted by Gasteiger charge is 2.11. The maximum atomic E-state index is 13.9. The molecule has 1 heterocycles. The number of hydrogen-bond acceptors (Lipinski definition) is 6. The summed E-state index contributed by atoms with van der Waals surface area (Å²) in [5.74, 6) is 0.440. The van der Waals surface area contributed by atoms with Gasteiger partial charge in [-0.05, 0) is 38.5 Å². The van der Waals surface area contributed by atoms with E-state index in [2.05, 4.69) is 20.3 Å². The third-order valence-electron chi connectivity index (χ3n) is 3.06. The molecule has 21 heavy (non-hydrogen) atoms. The number of nitrogens with two attached hydrogens (primary N) is 1. The molecule has 2 rings (SSSR count). The number of aryl methyl sites for hydroxylation is 1. The minimum Gasteiger partial charge on any atom is -0.368 e. The van der Waals surface area contributed by atoms with Gasteiger partial charge >= 0.3 is 0 Å². The number of nitrogens with one attached hydrogen (secondary N) is 1. The molecule has 0 radical (unpaired) electrons. The van der Waals surface area contributed by atoms with Gasteiger partial charge in [0.2, 0.25) is 17.8 Å². The number of aromatic nitrogens is 3. The van der Waals surface area contributed by atoms with E-state index in [1.54, 1.807) is 12.1 Å². The first kappa shape index (κ1) is 15.0. The van der Waals surface area contributed by atoms with Gasteiger partial charge in [0.1, 0.15) is 5.82 Å². The Morgan fingerprint density at radius 2 is 1.90 bits per heavy atom. The van der Waals surface area contributed by atoms with Crippen LogP contribution in [0.3, 0.4) is 0 Å². The molecule has 0 unspecified atom stereocenters. The van der Waals surface area contributed by atoms with Crippen molar-refractivity contribution in [1.29, 1.82) is 0 Å². The third kappa shape index (κ3) is 3.56. The van der Waals surface area contributed by atoms with Gasteiger partial charge in [-0.1, -0.05) is 6.07 Å². The summed E-state index contributed by atoms with van der Waals surface area (Å²) in [4.78, 5) is 14.3. The maximum absolute atomic E-state index is 13.9. The fraction of sp³-hybridized carbons (Fsp3) is 0.357. The summed E-state index contributed by atoms with van der Waals surface area (Å²) in [6, 6.07) is 4.89. The minimum atomic E-state index is -0.363. The first-order valence-electron chi connectivity index (χ1n) is 6.83. The highest BCUT2D eigenvalue weighted by atomic mass is 19.1. The summed E-state index contributed by atoms with van der Waals surface area (Å²) in [6.07, 6.45) is 0. The van der Waals surface area contributed by atoms with Crippen LogP contribution in [0.2, 0.25) is 0 Å². The van der Waals surface area contributed by atoms with Crippen molar-refractivity contribution in [2.24, 2.45) is 0 Å². The lowest BCUT2D eigenvalue weighted by atomic mass is 10.2. The van der Waals surface area contributed by atoms with Crippen LogP contribution in [-0.4, -0.2) is 28.0 Å². The van der Waals surface area contributed by atoms with Gasteiger partial charge in [0.15, 0.2) is 0 Å². The topological polar surface area (TPSA) is 80.0 Å². The standard InChI is InChI=1S/C14H19FN6/c1-4-21(5-2)14-19-12(16)18-13(20-14)17-11-7-6-9(3)8-10(11)15/h6-8H,4-5H2,1-3H3,(H3,16,17,18,19,20). The monoisotopic (exact) mass is 290 g/mol. The van der Waals surface area contributed by atoms with Crippen LogP contribution in [0.1, 0.15) is 19.4 Å². The smallest absolute Gasteiger partial charge is 0.233 e. The predicted octanol–water partition coefficient (Wildman–Crippen LogP) is 2.49. The van der Waals surface area contributed by atoms with E-state index in [-0.39, 0.29) is 17.7 Å². The summed E-state index contributed by atoms with van der Waals surface area (Å²) >= 11 is 0. The van der Waals surface area contributed by atoms with Gasteiger partial charge < -0.3 is 16.0 Å². The number of benzene rings is 1. The second-order valence-corrected chi connectivity index (χ2v) is 4.60. The van der Waals surface area contributed by atoms with E-state index in [0.29, 0.717) is 11.6 Å². The Morgan fingerprint density at radius 1 is 1.19 bits per heavy atom. The zero-order valence-corrected chi connectivity index (χ0v) is 12.4. The normalized spacial score (nSPS) is 10.5. The number of anilines is 4. The molecule has 112 valence electrons. The molecule has 1 aromatic carbocycles. The van der Waals surface area contributed by atoms with E-state index < -0.39 is 0 Å². The molecule has 0 atom stereocenters. The first-order chi connectivity index (χ1) is 10.0.